The van der Waals surface area contributed by atoms with E-state index in [0.29, 0.717) is 56.9 Å². The minimum Gasteiger partial charge on any atom is -0.463 e. The van der Waals surface area contributed by atoms with Crippen molar-refractivity contribution in [3.8, 4) is 0 Å². The zero-order valence-electron chi connectivity index (χ0n) is 41.3. The van der Waals surface area contributed by atoms with Gasteiger partial charge in [0.1, 0.15) is 42.7 Å². The monoisotopic (exact) mass is 961 g/mol. The quantitative estimate of drug-likeness (QED) is 0.159. The molecular formula is C51H76O17. The standard InChI is InChI=1S/C51H76O17/c1-25(61-29(5)52)33-17-19-51(57)41-34(22-38(50(33,51)7)66-47(56)30-14-12-11-13-15-30)49(6)18-16-32(20-31(49)21-35(41)53)65-39-23-36(58-8)44(27(3)62-39)67-40-24-37(59-9)45(28(4)63-40)68-48-43(55)46(60-10)42(54)26(2)64-48/h11-15,21,25-28,32-46,48,53-55,57H,16-20,22-24H2,1-10H3/t25-,26+,27+,28+,32-,33+,34-,35+,36-,37-,38+,39-,40-,41-,42+,43+,44+,45+,46+,48-,49-,50-,51-/m0/s1. The van der Waals surface area contributed by atoms with Gasteiger partial charge < -0.3 is 72.5 Å². The summed E-state index contributed by atoms with van der Waals surface area (Å²) in [5.74, 6) is -2.00. The first-order valence-corrected chi connectivity index (χ1v) is 24.7. The molecule has 4 aliphatic carbocycles. The Labute approximate surface area is 400 Å². The van der Waals surface area contributed by atoms with Gasteiger partial charge in [0.25, 0.3) is 0 Å². The van der Waals surface area contributed by atoms with E-state index in [-0.39, 0.29) is 17.9 Å². The van der Waals surface area contributed by atoms with E-state index >= 15 is 0 Å². The number of aliphatic hydroxyl groups excluding tert-OH is 3. The molecule has 4 N–H and O–H groups in total. The maximum atomic E-state index is 13.8. The number of hydrogen-bond donors (Lipinski definition) is 4. The number of methoxy groups -OCH3 is 3. The Kier molecular flexibility index (Phi) is 15.6. The van der Waals surface area contributed by atoms with Crippen LogP contribution in [0.25, 0.3) is 0 Å². The fraction of sp³-hybridized carbons (Fsp3) is 0.804. The van der Waals surface area contributed by atoms with Crippen LogP contribution in [0.15, 0.2) is 42.0 Å². The Morgan fingerprint density at radius 2 is 1.40 bits per heavy atom. The van der Waals surface area contributed by atoms with Crippen LogP contribution in [0.2, 0.25) is 0 Å². The summed E-state index contributed by atoms with van der Waals surface area (Å²) in [5, 5.41) is 46.7. The van der Waals surface area contributed by atoms with Gasteiger partial charge in [-0.3, -0.25) is 4.79 Å². The van der Waals surface area contributed by atoms with Crippen molar-refractivity contribution >= 4 is 11.9 Å². The van der Waals surface area contributed by atoms with E-state index in [4.69, 9.17) is 52.1 Å². The summed E-state index contributed by atoms with van der Waals surface area (Å²) < 4.78 is 67.8. The Balaban J connectivity index is 0.928. The average molecular weight is 961 g/mol. The Bertz CT molecular complexity index is 1940. The minimum absolute atomic E-state index is 0.228. The summed E-state index contributed by atoms with van der Waals surface area (Å²) in [6.45, 7) is 12.8. The first-order chi connectivity index (χ1) is 32.3. The van der Waals surface area contributed by atoms with Gasteiger partial charge in [0.05, 0.1) is 53.9 Å². The van der Waals surface area contributed by atoms with Crippen molar-refractivity contribution in [1.29, 1.82) is 0 Å². The third-order valence-electron chi connectivity index (χ3n) is 17.4. The van der Waals surface area contributed by atoms with Gasteiger partial charge in [0.2, 0.25) is 0 Å². The molecule has 382 valence electrons. The third kappa shape index (κ3) is 9.35. The second kappa shape index (κ2) is 20.5. The number of esters is 2. The minimum atomic E-state index is -1.43. The highest BCUT2D eigenvalue weighted by atomic mass is 16.8. The number of aliphatic hydroxyl groups is 4. The number of hydrogen-bond acceptors (Lipinski definition) is 17. The van der Waals surface area contributed by atoms with E-state index < -0.39 is 133 Å². The Hall–Kier alpha value is -2.62. The molecule has 0 bridgehead atoms. The van der Waals surface area contributed by atoms with Crippen molar-refractivity contribution in [3.63, 3.8) is 0 Å². The van der Waals surface area contributed by atoms with E-state index in [1.807, 2.05) is 39.8 Å². The molecule has 7 aliphatic rings. The van der Waals surface area contributed by atoms with Gasteiger partial charge in [0, 0.05) is 58.3 Å². The van der Waals surface area contributed by atoms with Crippen LogP contribution in [0.1, 0.15) is 110 Å². The third-order valence-corrected chi connectivity index (χ3v) is 17.4. The van der Waals surface area contributed by atoms with Crippen LogP contribution >= 0.6 is 0 Å². The normalized spacial score (nSPS) is 47.4. The lowest BCUT2D eigenvalue weighted by molar-refractivity contribution is -0.352. The molecule has 6 fully saturated rings. The van der Waals surface area contributed by atoms with Crippen molar-refractivity contribution in [2.24, 2.45) is 28.6 Å². The Morgan fingerprint density at radius 3 is 2.01 bits per heavy atom. The topological polar surface area (TPSA) is 217 Å². The summed E-state index contributed by atoms with van der Waals surface area (Å²) in [4.78, 5) is 26.0. The molecule has 0 spiro atoms. The van der Waals surface area contributed by atoms with Crippen LogP contribution in [0, 0.1) is 28.6 Å². The van der Waals surface area contributed by atoms with Crippen molar-refractivity contribution in [3.05, 3.63) is 47.5 Å². The highest BCUT2D eigenvalue weighted by Gasteiger charge is 2.73. The van der Waals surface area contributed by atoms with Gasteiger partial charge >= 0.3 is 11.9 Å². The highest BCUT2D eigenvalue weighted by Crippen LogP contribution is 2.69. The van der Waals surface area contributed by atoms with Crippen molar-refractivity contribution in [2.75, 3.05) is 21.3 Å². The lowest BCUT2D eigenvalue weighted by atomic mass is 9.44. The lowest BCUT2D eigenvalue weighted by Gasteiger charge is -2.64. The van der Waals surface area contributed by atoms with E-state index in [2.05, 4.69) is 6.92 Å². The molecule has 3 aliphatic heterocycles. The average Bonchev–Trinajstić information content (AvgIpc) is 3.59. The van der Waals surface area contributed by atoms with E-state index in [1.54, 1.807) is 45.4 Å². The molecule has 3 heterocycles. The summed E-state index contributed by atoms with van der Waals surface area (Å²) in [5.41, 5.74) is -1.44. The molecule has 17 heteroatoms. The van der Waals surface area contributed by atoms with Crippen LogP contribution < -0.4 is 0 Å². The zero-order chi connectivity index (χ0) is 49.0. The van der Waals surface area contributed by atoms with Crippen LogP contribution in [-0.2, 0) is 56.9 Å². The Morgan fingerprint density at radius 1 is 0.765 bits per heavy atom. The first kappa shape index (κ1) is 51.7. The number of fused-ring (bicyclic) bond motifs is 5. The number of ether oxygens (including phenoxy) is 11. The predicted molar refractivity (Wildman–Crippen MR) is 242 cm³/mol. The molecule has 1 aromatic rings. The SMILES string of the molecule is CO[C@H]1[C@@H](O)[C@H](O[C@H]2[C@@H](OC)C[C@H](O[C@H]3[C@@H](OC)C[C@H](O[C@H]4CC[C@@]5(C)C(=C[C@@H](O)[C@@H]6[C@@H]5C[C@@H](OC(=O)c5ccccc5)[C@]5(C)[C@@H]([C@H](C)OC(C)=O)CC[C@]65O)C4)O[C@@H]3C)O[C@@H]2C)O[C@H](C)[C@H]1O. The molecule has 3 saturated carbocycles. The number of rotatable bonds is 13. The van der Waals surface area contributed by atoms with E-state index in [9.17, 15) is 30.0 Å². The largest absolute Gasteiger partial charge is 0.463 e. The van der Waals surface area contributed by atoms with Crippen LogP contribution in [0.3, 0.4) is 0 Å². The van der Waals surface area contributed by atoms with Crippen LogP contribution in [0.4, 0.5) is 0 Å². The van der Waals surface area contributed by atoms with Gasteiger partial charge in [-0.2, -0.15) is 0 Å². The van der Waals surface area contributed by atoms with Gasteiger partial charge in [-0.15, -0.1) is 0 Å². The molecule has 1 aromatic carbocycles. The fourth-order valence-electron chi connectivity index (χ4n) is 13.7. The van der Waals surface area contributed by atoms with Gasteiger partial charge in [0.15, 0.2) is 18.9 Å². The van der Waals surface area contributed by atoms with Crippen LogP contribution in [0.5, 0.6) is 0 Å². The molecule has 8 rings (SSSR count). The summed E-state index contributed by atoms with van der Waals surface area (Å²) in [7, 11) is 4.63. The van der Waals surface area contributed by atoms with Gasteiger partial charge in [-0.1, -0.05) is 43.7 Å². The van der Waals surface area contributed by atoms with E-state index in [0.717, 1.165) is 5.57 Å². The summed E-state index contributed by atoms with van der Waals surface area (Å²) in [6.07, 6.45) is -5.75. The maximum absolute atomic E-state index is 13.8. The molecule has 3 saturated heterocycles. The molecule has 0 radical (unpaired) electrons. The second-order valence-corrected chi connectivity index (χ2v) is 21.0. The maximum Gasteiger partial charge on any atom is 0.338 e. The van der Waals surface area contributed by atoms with Gasteiger partial charge in [-0.05, 0) is 89.7 Å². The van der Waals surface area contributed by atoms with Crippen LogP contribution in [-0.4, -0.2) is 164 Å². The highest BCUT2D eigenvalue weighted by molar-refractivity contribution is 5.89. The molecule has 0 amide bonds. The second-order valence-electron chi connectivity index (χ2n) is 21.0. The number of carbonyl (C=O) groups is 2. The first-order valence-electron chi connectivity index (χ1n) is 24.7. The molecule has 23 atom stereocenters. The predicted octanol–water partition coefficient (Wildman–Crippen LogP) is 4.38. The molecule has 68 heavy (non-hydrogen) atoms. The molecule has 0 unspecified atom stereocenters. The molecular weight excluding hydrogens is 885 g/mol. The zero-order valence-corrected chi connectivity index (χ0v) is 41.3. The molecule has 0 aromatic heterocycles. The van der Waals surface area contributed by atoms with Crippen molar-refractivity contribution < 1.29 is 82.1 Å². The number of carbonyl (C=O) groups excluding carboxylic acids is 2. The van der Waals surface area contributed by atoms with Crippen molar-refractivity contribution in [1.82, 2.24) is 0 Å². The lowest BCUT2D eigenvalue weighted by Crippen LogP contribution is -2.69. The van der Waals surface area contributed by atoms with E-state index in [1.165, 1.54) is 14.0 Å². The fourth-order valence-corrected chi connectivity index (χ4v) is 13.7. The summed E-state index contributed by atoms with van der Waals surface area (Å²) in [6, 6.07) is 8.84. The number of benzene rings is 1. The smallest absolute Gasteiger partial charge is 0.338 e. The van der Waals surface area contributed by atoms with Crippen molar-refractivity contribution in [2.45, 2.75) is 210 Å². The van der Waals surface area contributed by atoms with Gasteiger partial charge in [-0.25, -0.2) is 4.79 Å². The molecule has 17 nitrogen and oxygen atoms in total. The summed E-state index contributed by atoms with van der Waals surface area (Å²) >= 11 is 0.